The minimum absolute atomic E-state index is 0.274. The zero-order chi connectivity index (χ0) is 12.3. The van der Waals surface area contributed by atoms with E-state index >= 15 is 0 Å². The summed E-state index contributed by atoms with van der Waals surface area (Å²) < 4.78 is 15.9. The predicted molar refractivity (Wildman–Crippen MR) is 73.2 cm³/mol. The zero-order valence-electron chi connectivity index (χ0n) is 9.07. The third-order valence-electron chi connectivity index (χ3n) is 2.40. The van der Waals surface area contributed by atoms with Crippen molar-refractivity contribution in [2.45, 2.75) is 6.54 Å². The fraction of sp³-hybridized carbons (Fsp3) is 0.250. The molecule has 1 aromatic heterocycles. The highest BCUT2D eigenvalue weighted by Gasteiger charge is 2.07. The maximum atomic E-state index is 13.5. The lowest BCUT2D eigenvalue weighted by molar-refractivity contribution is 0.637. The number of nitrogens with zero attached hydrogens (tertiary/aromatic N) is 1. The lowest BCUT2D eigenvalue weighted by Crippen LogP contribution is -2.00. The summed E-state index contributed by atoms with van der Waals surface area (Å²) in [6.45, 7) is 0.731. The number of thioether (sulfide) groups is 1. The summed E-state index contributed by atoms with van der Waals surface area (Å²) in [6.07, 6.45) is 5.17. The van der Waals surface area contributed by atoms with Gasteiger partial charge in [0.05, 0.1) is 11.3 Å². The first-order valence-electron chi connectivity index (χ1n) is 5.12. The van der Waals surface area contributed by atoms with Crippen LogP contribution in [0.15, 0.2) is 18.2 Å². The van der Waals surface area contributed by atoms with Gasteiger partial charge in [-0.2, -0.15) is 0 Å². The molecule has 2 rings (SSSR count). The molecule has 2 nitrogen and oxygen atoms in total. The molecule has 1 aromatic carbocycles. The minimum Gasteiger partial charge on any atom is -0.328 e. The van der Waals surface area contributed by atoms with Gasteiger partial charge in [-0.15, -0.1) is 18.2 Å². The number of fused-ring (bicyclic) bond motifs is 1. The highest BCUT2D eigenvalue weighted by atomic mass is 32.2. The maximum absolute atomic E-state index is 13.5. The van der Waals surface area contributed by atoms with Gasteiger partial charge in [0.15, 0.2) is 4.77 Å². The number of hydrogen-bond donors (Lipinski definition) is 1. The number of terminal acetylenes is 1. The minimum atomic E-state index is -0.274. The van der Waals surface area contributed by atoms with Crippen molar-refractivity contribution in [3.8, 4) is 12.3 Å². The Bertz CT molecular complexity index is 621. The molecular formula is C12H11FN2S2. The van der Waals surface area contributed by atoms with Gasteiger partial charge in [-0.1, -0.05) is 12.0 Å². The molecule has 17 heavy (non-hydrogen) atoms. The summed E-state index contributed by atoms with van der Waals surface area (Å²) >= 11 is 6.84. The van der Waals surface area contributed by atoms with Gasteiger partial charge in [0.1, 0.15) is 11.3 Å². The first-order chi connectivity index (χ1) is 8.24. The van der Waals surface area contributed by atoms with Crippen LogP contribution in [-0.2, 0) is 6.54 Å². The van der Waals surface area contributed by atoms with E-state index in [1.165, 1.54) is 6.07 Å². The van der Waals surface area contributed by atoms with Crippen LogP contribution < -0.4 is 0 Å². The number of hydrogen-bond acceptors (Lipinski definition) is 2. The van der Waals surface area contributed by atoms with Crippen LogP contribution in [0, 0.1) is 22.9 Å². The zero-order valence-corrected chi connectivity index (χ0v) is 10.7. The predicted octanol–water partition coefficient (Wildman–Crippen LogP) is 3.20. The number of imidazole rings is 1. The van der Waals surface area contributed by atoms with Gasteiger partial charge in [-0.05, 0) is 24.4 Å². The van der Waals surface area contributed by atoms with Crippen molar-refractivity contribution in [1.29, 1.82) is 0 Å². The molecule has 0 radical (unpaired) electrons. The topological polar surface area (TPSA) is 20.7 Å². The molecule has 88 valence electrons. The summed E-state index contributed by atoms with van der Waals surface area (Å²) in [7, 11) is 0. The second kappa shape index (κ2) is 5.39. The number of benzene rings is 1. The first kappa shape index (κ1) is 12.2. The Hall–Kier alpha value is -1.25. The highest BCUT2D eigenvalue weighted by Crippen LogP contribution is 2.17. The van der Waals surface area contributed by atoms with Crippen molar-refractivity contribution in [3.63, 3.8) is 0 Å². The van der Waals surface area contributed by atoms with E-state index in [0.29, 0.717) is 16.0 Å². The number of rotatable bonds is 4. The summed E-state index contributed by atoms with van der Waals surface area (Å²) in [5.41, 5.74) is 1.27. The van der Waals surface area contributed by atoms with E-state index in [1.54, 1.807) is 17.8 Å². The largest absolute Gasteiger partial charge is 0.328 e. The van der Waals surface area contributed by atoms with Crippen molar-refractivity contribution < 1.29 is 4.39 Å². The highest BCUT2D eigenvalue weighted by molar-refractivity contribution is 7.99. The fourth-order valence-corrected chi connectivity index (χ4v) is 2.52. The fourth-order valence-electron chi connectivity index (χ4n) is 1.65. The molecule has 0 saturated carbocycles. The number of H-pyrrole nitrogens is 1. The van der Waals surface area contributed by atoms with Crippen molar-refractivity contribution in [2.75, 3.05) is 11.5 Å². The Morgan fingerprint density at radius 3 is 3.12 bits per heavy atom. The van der Waals surface area contributed by atoms with E-state index in [4.69, 9.17) is 18.6 Å². The molecule has 0 aliphatic rings. The SMILES string of the molecule is C#CCSCCn1c(=S)[nH]c2c(F)cccc21. The average molecular weight is 266 g/mol. The molecule has 0 amide bonds. The van der Waals surface area contributed by atoms with Gasteiger partial charge in [-0.3, -0.25) is 0 Å². The molecular weight excluding hydrogens is 255 g/mol. The number of aromatic amines is 1. The molecule has 1 heterocycles. The standard InChI is InChI=1S/C12H11FN2S2/c1-2-7-17-8-6-15-10-5-3-4-9(13)11(10)14-12(15)16/h1,3-5H,6-8H2,(H,14,16). The molecule has 1 N–H and O–H groups in total. The van der Waals surface area contributed by atoms with E-state index in [0.717, 1.165) is 17.8 Å². The van der Waals surface area contributed by atoms with Crippen LogP contribution in [0.4, 0.5) is 4.39 Å². The molecule has 0 fully saturated rings. The average Bonchev–Trinajstić information content (AvgIpc) is 2.63. The summed E-state index contributed by atoms with van der Waals surface area (Å²) in [5.74, 6) is 3.84. The molecule has 0 unspecified atom stereocenters. The lowest BCUT2D eigenvalue weighted by Gasteiger charge is -2.03. The summed E-state index contributed by atoms with van der Waals surface area (Å²) in [6, 6.07) is 4.97. The van der Waals surface area contributed by atoms with E-state index in [2.05, 4.69) is 10.9 Å². The van der Waals surface area contributed by atoms with Crippen LogP contribution in [0.25, 0.3) is 11.0 Å². The van der Waals surface area contributed by atoms with Crippen LogP contribution >= 0.6 is 24.0 Å². The third kappa shape index (κ3) is 2.54. The van der Waals surface area contributed by atoms with Crippen molar-refractivity contribution >= 4 is 35.0 Å². The number of halogens is 1. The molecule has 0 spiro atoms. The van der Waals surface area contributed by atoms with Gasteiger partial charge in [-0.25, -0.2) is 4.39 Å². The van der Waals surface area contributed by atoms with Gasteiger partial charge in [0, 0.05) is 12.3 Å². The van der Waals surface area contributed by atoms with E-state index in [1.807, 2.05) is 10.6 Å². The first-order valence-corrected chi connectivity index (χ1v) is 6.68. The molecule has 0 aliphatic carbocycles. The number of para-hydroxylation sites is 1. The van der Waals surface area contributed by atoms with Crippen molar-refractivity contribution in [3.05, 3.63) is 28.8 Å². The number of aromatic nitrogens is 2. The smallest absolute Gasteiger partial charge is 0.178 e. The summed E-state index contributed by atoms with van der Waals surface area (Å²) in [4.78, 5) is 2.89. The molecule has 0 aliphatic heterocycles. The van der Waals surface area contributed by atoms with Gasteiger partial charge in [0.2, 0.25) is 0 Å². The number of aryl methyl sites for hydroxylation is 1. The molecule has 5 heteroatoms. The molecule has 0 atom stereocenters. The third-order valence-corrected chi connectivity index (χ3v) is 3.57. The van der Waals surface area contributed by atoms with Gasteiger partial charge in [0.25, 0.3) is 0 Å². The van der Waals surface area contributed by atoms with Crippen molar-refractivity contribution in [2.24, 2.45) is 0 Å². The number of nitrogens with one attached hydrogen (secondary N) is 1. The Balaban J connectivity index is 2.28. The Kier molecular flexibility index (Phi) is 3.87. The van der Waals surface area contributed by atoms with Crippen LogP contribution in [0.3, 0.4) is 0 Å². The quantitative estimate of drug-likeness (QED) is 0.521. The van der Waals surface area contributed by atoms with Crippen molar-refractivity contribution in [1.82, 2.24) is 9.55 Å². The molecule has 0 saturated heterocycles. The summed E-state index contributed by atoms with van der Waals surface area (Å²) in [5, 5.41) is 0. The second-order valence-electron chi connectivity index (χ2n) is 3.47. The normalized spacial score (nSPS) is 10.6. The van der Waals surface area contributed by atoms with Gasteiger partial charge < -0.3 is 9.55 Å². The molecule has 0 bridgehead atoms. The van der Waals surface area contributed by atoms with Crippen LogP contribution in [0.2, 0.25) is 0 Å². The Morgan fingerprint density at radius 1 is 1.53 bits per heavy atom. The maximum Gasteiger partial charge on any atom is 0.178 e. The Labute approximate surface area is 108 Å². The van der Waals surface area contributed by atoms with Crippen LogP contribution in [0.5, 0.6) is 0 Å². The Morgan fingerprint density at radius 2 is 2.35 bits per heavy atom. The second-order valence-corrected chi connectivity index (χ2v) is 4.96. The molecule has 2 aromatic rings. The van der Waals surface area contributed by atoms with Crippen LogP contribution in [-0.4, -0.2) is 21.1 Å². The van der Waals surface area contributed by atoms with E-state index in [9.17, 15) is 4.39 Å². The van der Waals surface area contributed by atoms with Crippen LogP contribution in [0.1, 0.15) is 0 Å². The van der Waals surface area contributed by atoms with E-state index in [-0.39, 0.29) is 5.82 Å². The monoisotopic (exact) mass is 266 g/mol. The lowest BCUT2D eigenvalue weighted by atomic mass is 10.3. The van der Waals surface area contributed by atoms with Gasteiger partial charge >= 0.3 is 0 Å². The van der Waals surface area contributed by atoms with E-state index < -0.39 is 0 Å².